The Morgan fingerprint density at radius 3 is 2.69 bits per heavy atom. The standard InChI is InChI=1S/C13H21NOS/c1-13(2,3)11-5-4-10(16-11)12(14)9-6-7-15-8-9/h4-5,9,12H,6-8,14H2,1-3H3. The van der Waals surface area contributed by atoms with Crippen molar-refractivity contribution >= 4 is 11.3 Å². The van der Waals surface area contributed by atoms with Crippen LogP contribution >= 0.6 is 11.3 Å². The van der Waals surface area contributed by atoms with Crippen LogP contribution in [0.25, 0.3) is 0 Å². The van der Waals surface area contributed by atoms with Crippen LogP contribution in [0.5, 0.6) is 0 Å². The average Bonchev–Trinajstić information content (AvgIpc) is 2.87. The van der Waals surface area contributed by atoms with Crippen molar-refractivity contribution in [2.24, 2.45) is 11.7 Å². The van der Waals surface area contributed by atoms with E-state index in [9.17, 15) is 0 Å². The molecule has 0 amide bonds. The van der Waals surface area contributed by atoms with Crippen molar-refractivity contribution in [2.45, 2.75) is 38.6 Å². The van der Waals surface area contributed by atoms with E-state index in [1.807, 2.05) is 11.3 Å². The maximum Gasteiger partial charge on any atom is 0.0513 e. The van der Waals surface area contributed by atoms with Gasteiger partial charge in [0.05, 0.1) is 6.61 Å². The summed E-state index contributed by atoms with van der Waals surface area (Å²) in [5, 5.41) is 0. The van der Waals surface area contributed by atoms with E-state index in [4.69, 9.17) is 10.5 Å². The van der Waals surface area contributed by atoms with Gasteiger partial charge in [0.1, 0.15) is 0 Å². The summed E-state index contributed by atoms with van der Waals surface area (Å²) in [4.78, 5) is 2.72. The molecule has 0 aliphatic carbocycles. The molecule has 16 heavy (non-hydrogen) atoms. The van der Waals surface area contributed by atoms with Crippen LogP contribution in [-0.2, 0) is 10.2 Å². The van der Waals surface area contributed by atoms with Crippen LogP contribution in [0.3, 0.4) is 0 Å². The van der Waals surface area contributed by atoms with E-state index in [-0.39, 0.29) is 11.5 Å². The molecule has 1 aliphatic heterocycles. The van der Waals surface area contributed by atoms with Crippen LogP contribution in [0.1, 0.15) is 43.0 Å². The van der Waals surface area contributed by atoms with Gasteiger partial charge in [-0.1, -0.05) is 20.8 Å². The van der Waals surface area contributed by atoms with Crippen molar-refractivity contribution in [2.75, 3.05) is 13.2 Å². The molecule has 90 valence electrons. The highest BCUT2D eigenvalue weighted by atomic mass is 32.1. The minimum Gasteiger partial charge on any atom is -0.381 e. The van der Waals surface area contributed by atoms with E-state index in [0.29, 0.717) is 5.92 Å². The third-order valence-electron chi connectivity index (χ3n) is 3.17. The van der Waals surface area contributed by atoms with Crippen LogP contribution in [0, 0.1) is 5.92 Å². The lowest BCUT2D eigenvalue weighted by atomic mass is 9.94. The number of nitrogens with two attached hydrogens (primary N) is 1. The zero-order valence-electron chi connectivity index (χ0n) is 10.3. The Morgan fingerprint density at radius 1 is 1.44 bits per heavy atom. The SMILES string of the molecule is CC(C)(C)c1ccc(C(N)C2CCOC2)s1. The quantitative estimate of drug-likeness (QED) is 0.860. The number of hydrogen-bond acceptors (Lipinski definition) is 3. The summed E-state index contributed by atoms with van der Waals surface area (Å²) in [7, 11) is 0. The molecule has 0 spiro atoms. The summed E-state index contributed by atoms with van der Waals surface area (Å²) >= 11 is 1.85. The molecule has 1 aromatic heterocycles. The normalized spacial score (nSPS) is 23.6. The lowest BCUT2D eigenvalue weighted by molar-refractivity contribution is 0.181. The molecule has 0 radical (unpaired) electrons. The van der Waals surface area contributed by atoms with Gasteiger partial charge < -0.3 is 10.5 Å². The van der Waals surface area contributed by atoms with Gasteiger partial charge in [0.15, 0.2) is 0 Å². The zero-order chi connectivity index (χ0) is 11.8. The topological polar surface area (TPSA) is 35.2 Å². The molecule has 2 unspecified atom stereocenters. The zero-order valence-corrected chi connectivity index (χ0v) is 11.1. The maximum atomic E-state index is 6.29. The molecule has 0 bridgehead atoms. The smallest absolute Gasteiger partial charge is 0.0513 e. The van der Waals surface area contributed by atoms with E-state index in [0.717, 1.165) is 19.6 Å². The molecule has 2 atom stereocenters. The first-order valence-electron chi connectivity index (χ1n) is 5.92. The maximum absolute atomic E-state index is 6.29. The molecule has 2 rings (SSSR count). The number of thiophene rings is 1. The summed E-state index contributed by atoms with van der Waals surface area (Å²) < 4.78 is 5.40. The van der Waals surface area contributed by atoms with Crippen LogP contribution < -0.4 is 5.73 Å². The average molecular weight is 239 g/mol. The van der Waals surface area contributed by atoms with Crippen molar-refractivity contribution in [3.63, 3.8) is 0 Å². The van der Waals surface area contributed by atoms with Gasteiger partial charge in [-0.25, -0.2) is 0 Å². The molecular formula is C13H21NOS. The van der Waals surface area contributed by atoms with Gasteiger partial charge in [0, 0.05) is 28.3 Å². The largest absolute Gasteiger partial charge is 0.381 e. The summed E-state index contributed by atoms with van der Waals surface area (Å²) in [6.45, 7) is 8.42. The number of rotatable bonds is 2. The first-order valence-corrected chi connectivity index (χ1v) is 6.73. The van der Waals surface area contributed by atoms with Crippen molar-refractivity contribution in [3.05, 3.63) is 21.9 Å². The second kappa shape index (κ2) is 4.47. The van der Waals surface area contributed by atoms with Crippen LogP contribution in [0.2, 0.25) is 0 Å². The number of hydrogen-bond donors (Lipinski definition) is 1. The van der Waals surface area contributed by atoms with Crippen molar-refractivity contribution in [1.82, 2.24) is 0 Å². The lowest BCUT2D eigenvalue weighted by Crippen LogP contribution is -2.20. The molecule has 0 aromatic carbocycles. The molecule has 1 aromatic rings. The molecule has 2 nitrogen and oxygen atoms in total. The molecule has 2 heterocycles. The summed E-state index contributed by atoms with van der Waals surface area (Å²) in [5.41, 5.74) is 6.52. The Kier molecular flexibility index (Phi) is 3.38. The van der Waals surface area contributed by atoms with E-state index < -0.39 is 0 Å². The van der Waals surface area contributed by atoms with Crippen molar-refractivity contribution in [3.8, 4) is 0 Å². The highest BCUT2D eigenvalue weighted by Crippen LogP contribution is 2.35. The molecule has 0 saturated carbocycles. The fourth-order valence-electron chi connectivity index (χ4n) is 2.00. The van der Waals surface area contributed by atoms with Crippen molar-refractivity contribution in [1.29, 1.82) is 0 Å². The van der Waals surface area contributed by atoms with Gasteiger partial charge in [-0.2, -0.15) is 0 Å². The van der Waals surface area contributed by atoms with E-state index in [1.165, 1.54) is 9.75 Å². The molecular weight excluding hydrogens is 218 g/mol. The van der Waals surface area contributed by atoms with Gasteiger partial charge in [-0.3, -0.25) is 0 Å². The fourth-order valence-corrected chi connectivity index (χ4v) is 3.16. The first-order chi connectivity index (χ1) is 7.48. The minimum absolute atomic E-state index is 0.156. The van der Waals surface area contributed by atoms with Gasteiger partial charge in [0.2, 0.25) is 0 Å². The van der Waals surface area contributed by atoms with Crippen molar-refractivity contribution < 1.29 is 4.74 Å². The van der Waals surface area contributed by atoms with Gasteiger partial charge in [-0.05, 0) is 24.0 Å². The second-order valence-corrected chi connectivity index (χ2v) is 6.72. The van der Waals surface area contributed by atoms with Gasteiger partial charge in [-0.15, -0.1) is 11.3 Å². The first kappa shape index (κ1) is 12.1. The Balaban J connectivity index is 2.12. The predicted molar refractivity (Wildman–Crippen MR) is 68.9 cm³/mol. The third-order valence-corrected chi connectivity index (χ3v) is 4.78. The fraction of sp³-hybridized carbons (Fsp3) is 0.692. The summed E-state index contributed by atoms with van der Waals surface area (Å²) in [6.07, 6.45) is 1.10. The van der Waals surface area contributed by atoms with E-state index >= 15 is 0 Å². The monoisotopic (exact) mass is 239 g/mol. The Bertz CT molecular complexity index is 347. The van der Waals surface area contributed by atoms with Gasteiger partial charge >= 0.3 is 0 Å². The highest BCUT2D eigenvalue weighted by Gasteiger charge is 2.26. The predicted octanol–water partition coefficient (Wildman–Crippen LogP) is 3.08. The lowest BCUT2D eigenvalue weighted by Gasteiger charge is -2.17. The molecule has 1 aliphatic rings. The Labute approximate surface area is 102 Å². The van der Waals surface area contributed by atoms with Crippen LogP contribution in [-0.4, -0.2) is 13.2 Å². The molecule has 3 heteroatoms. The van der Waals surface area contributed by atoms with Crippen LogP contribution in [0.15, 0.2) is 12.1 Å². The highest BCUT2D eigenvalue weighted by molar-refractivity contribution is 7.12. The summed E-state index contributed by atoms with van der Waals surface area (Å²) in [6, 6.07) is 4.56. The minimum atomic E-state index is 0.156. The molecule has 1 fully saturated rings. The summed E-state index contributed by atoms with van der Waals surface area (Å²) in [5.74, 6) is 0.506. The van der Waals surface area contributed by atoms with E-state index in [2.05, 4.69) is 32.9 Å². The molecule has 2 N–H and O–H groups in total. The van der Waals surface area contributed by atoms with Crippen LogP contribution in [0.4, 0.5) is 0 Å². The Morgan fingerprint density at radius 2 is 2.19 bits per heavy atom. The van der Waals surface area contributed by atoms with Gasteiger partial charge in [0.25, 0.3) is 0 Å². The number of ether oxygens (including phenoxy) is 1. The molecule has 1 saturated heterocycles. The third kappa shape index (κ3) is 2.47. The second-order valence-electron chi connectivity index (χ2n) is 5.60. The van der Waals surface area contributed by atoms with E-state index in [1.54, 1.807) is 0 Å². The Hall–Kier alpha value is -0.380.